The molecule has 98 valence electrons. The van der Waals surface area contributed by atoms with Gasteiger partial charge >= 0.3 is 0 Å². The minimum absolute atomic E-state index is 0.231. The lowest BCUT2D eigenvalue weighted by molar-refractivity contribution is -0.0110. The first-order valence-corrected chi connectivity index (χ1v) is 6.72. The summed E-state index contributed by atoms with van der Waals surface area (Å²) in [5, 5.41) is 0. The van der Waals surface area contributed by atoms with Crippen LogP contribution in [0.3, 0.4) is 0 Å². The molecule has 1 atom stereocenters. The number of nitrogens with two attached hydrogens (primary N) is 1. The van der Waals surface area contributed by atoms with Crippen molar-refractivity contribution in [2.24, 2.45) is 5.73 Å². The number of hydrogen-bond acceptors (Lipinski definition) is 3. The van der Waals surface area contributed by atoms with Gasteiger partial charge in [-0.1, -0.05) is 12.2 Å². The van der Waals surface area contributed by atoms with Crippen LogP contribution in [0.1, 0.15) is 30.4 Å². The van der Waals surface area contributed by atoms with E-state index in [4.69, 9.17) is 27.4 Å². The van der Waals surface area contributed by atoms with E-state index in [0.29, 0.717) is 11.6 Å². The van der Waals surface area contributed by atoms with Gasteiger partial charge in [0.1, 0.15) is 17.3 Å². The molecular weight excluding hydrogens is 246 g/mol. The van der Waals surface area contributed by atoms with E-state index in [-0.39, 0.29) is 6.10 Å². The molecule has 0 radical (unpaired) electrons. The number of hydrogen-bond donors (Lipinski definition) is 1. The Bertz CT molecular complexity index is 428. The van der Waals surface area contributed by atoms with Crippen molar-refractivity contribution in [1.82, 2.24) is 0 Å². The second-order valence-corrected chi connectivity index (χ2v) is 5.08. The van der Waals surface area contributed by atoms with Gasteiger partial charge in [0.2, 0.25) is 0 Å². The number of thiocarbonyl (C=S) groups is 1. The van der Waals surface area contributed by atoms with Gasteiger partial charge in [-0.05, 0) is 49.9 Å². The zero-order chi connectivity index (χ0) is 13.0. The van der Waals surface area contributed by atoms with E-state index in [1.165, 1.54) is 6.42 Å². The van der Waals surface area contributed by atoms with Crippen LogP contribution in [-0.2, 0) is 4.74 Å². The van der Waals surface area contributed by atoms with Crippen LogP contribution in [0, 0.1) is 6.92 Å². The molecule has 1 fully saturated rings. The lowest BCUT2D eigenvalue weighted by Crippen LogP contribution is -2.25. The third kappa shape index (κ3) is 3.43. The standard InChI is InChI=1S/C14H19NO2S/c1-10-8-11(5-6-13(10)14(15)18)17-9-12-4-2-3-7-16-12/h5-6,8,12H,2-4,7,9H2,1H3,(H2,15,18). The normalized spacial score (nSPS) is 19.5. The van der Waals surface area contributed by atoms with E-state index in [9.17, 15) is 0 Å². The van der Waals surface area contributed by atoms with Crippen molar-refractivity contribution >= 4 is 17.2 Å². The average molecular weight is 265 g/mol. The van der Waals surface area contributed by atoms with Crippen LogP contribution < -0.4 is 10.5 Å². The molecule has 0 saturated carbocycles. The highest BCUT2D eigenvalue weighted by atomic mass is 32.1. The topological polar surface area (TPSA) is 44.5 Å². The summed E-state index contributed by atoms with van der Waals surface area (Å²) in [7, 11) is 0. The second kappa shape index (κ2) is 6.16. The molecule has 1 aromatic rings. The number of benzene rings is 1. The van der Waals surface area contributed by atoms with Crippen LogP contribution in [0.25, 0.3) is 0 Å². The highest BCUT2D eigenvalue weighted by Gasteiger charge is 2.14. The Hall–Kier alpha value is -1.13. The quantitative estimate of drug-likeness (QED) is 0.850. The van der Waals surface area contributed by atoms with Crippen LogP contribution in [0.4, 0.5) is 0 Å². The fourth-order valence-electron chi connectivity index (χ4n) is 2.13. The molecule has 2 rings (SSSR count). The van der Waals surface area contributed by atoms with Gasteiger partial charge in [-0.3, -0.25) is 0 Å². The zero-order valence-electron chi connectivity index (χ0n) is 10.6. The van der Waals surface area contributed by atoms with Crippen molar-refractivity contribution in [1.29, 1.82) is 0 Å². The molecule has 0 bridgehead atoms. The lowest BCUT2D eigenvalue weighted by Gasteiger charge is -2.22. The Morgan fingerprint density at radius 3 is 2.94 bits per heavy atom. The van der Waals surface area contributed by atoms with Crippen molar-refractivity contribution in [3.05, 3.63) is 29.3 Å². The minimum atomic E-state index is 0.231. The zero-order valence-corrected chi connectivity index (χ0v) is 11.5. The molecule has 1 saturated heterocycles. The van der Waals surface area contributed by atoms with E-state index in [0.717, 1.165) is 36.3 Å². The molecule has 0 aromatic heterocycles. The number of aryl methyl sites for hydroxylation is 1. The van der Waals surface area contributed by atoms with Crippen LogP contribution in [0.2, 0.25) is 0 Å². The fraction of sp³-hybridized carbons (Fsp3) is 0.500. The predicted octanol–water partition coefficient (Wildman–Crippen LogP) is 2.58. The minimum Gasteiger partial charge on any atom is -0.491 e. The average Bonchev–Trinajstić information content (AvgIpc) is 2.37. The molecule has 1 unspecified atom stereocenters. The smallest absolute Gasteiger partial charge is 0.119 e. The maximum absolute atomic E-state index is 5.75. The summed E-state index contributed by atoms with van der Waals surface area (Å²) in [5.74, 6) is 0.849. The largest absolute Gasteiger partial charge is 0.491 e. The molecule has 4 heteroatoms. The number of rotatable bonds is 4. The van der Waals surface area contributed by atoms with Gasteiger partial charge in [0, 0.05) is 12.2 Å². The summed E-state index contributed by atoms with van der Waals surface area (Å²) in [4.78, 5) is 0.426. The van der Waals surface area contributed by atoms with Crippen molar-refractivity contribution in [3.63, 3.8) is 0 Å². The summed E-state index contributed by atoms with van der Waals surface area (Å²) in [6.45, 7) is 3.46. The van der Waals surface area contributed by atoms with E-state index in [1.54, 1.807) is 0 Å². The van der Waals surface area contributed by atoms with Gasteiger partial charge in [-0.25, -0.2) is 0 Å². The third-order valence-corrected chi connectivity index (χ3v) is 3.39. The SMILES string of the molecule is Cc1cc(OCC2CCCCO2)ccc1C(N)=S. The van der Waals surface area contributed by atoms with Gasteiger partial charge in [-0.2, -0.15) is 0 Å². The molecule has 1 aliphatic heterocycles. The third-order valence-electron chi connectivity index (χ3n) is 3.17. The molecule has 2 N–H and O–H groups in total. The molecule has 1 aromatic carbocycles. The Balaban J connectivity index is 1.93. The molecular formula is C14H19NO2S. The van der Waals surface area contributed by atoms with Crippen LogP contribution in [0.5, 0.6) is 5.75 Å². The first-order chi connectivity index (χ1) is 8.66. The maximum atomic E-state index is 5.75. The fourth-order valence-corrected chi connectivity index (χ4v) is 2.36. The molecule has 18 heavy (non-hydrogen) atoms. The summed E-state index contributed by atoms with van der Waals surface area (Å²) in [6.07, 6.45) is 3.71. The first-order valence-electron chi connectivity index (χ1n) is 6.31. The van der Waals surface area contributed by atoms with Gasteiger partial charge in [-0.15, -0.1) is 0 Å². The molecule has 1 aliphatic rings. The Morgan fingerprint density at radius 2 is 2.33 bits per heavy atom. The van der Waals surface area contributed by atoms with E-state index in [2.05, 4.69) is 0 Å². The Labute approximate surface area is 113 Å². The highest BCUT2D eigenvalue weighted by Crippen LogP contribution is 2.19. The van der Waals surface area contributed by atoms with Gasteiger partial charge in [0.25, 0.3) is 0 Å². The predicted molar refractivity (Wildman–Crippen MR) is 76.2 cm³/mol. The Morgan fingerprint density at radius 1 is 1.50 bits per heavy atom. The monoisotopic (exact) mass is 265 g/mol. The van der Waals surface area contributed by atoms with Gasteiger partial charge < -0.3 is 15.2 Å². The van der Waals surface area contributed by atoms with Crippen molar-refractivity contribution in [2.45, 2.75) is 32.3 Å². The molecule has 1 heterocycles. The number of ether oxygens (including phenoxy) is 2. The van der Waals surface area contributed by atoms with Crippen molar-refractivity contribution in [3.8, 4) is 5.75 Å². The van der Waals surface area contributed by atoms with Gasteiger partial charge in [0.15, 0.2) is 0 Å². The molecule has 0 amide bonds. The molecule has 0 spiro atoms. The first kappa shape index (κ1) is 13.3. The summed E-state index contributed by atoms with van der Waals surface area (Å²) in [6, 6.07) is 5.79. The second-order valence-electron chi connectivity index (χ2n) is 4.64. The van der Waals surface area contributed by atoms with Crippen molar-refractivity contribution < 1.29 is 9.47 Å². The van der Waals surface area contributed by atoms with E-state index >= 15 is 0 Å². The highest BCUT2D eigenvalue weighted by molar-refractivity contribution is 7.80. The van der Waals surface area contributed by atoms with Crippen LogP contribution in [-0.4, -0.2) is 24.3 Å². The molecule has 3 nitrogen and oxygen atoms in total. The summed E-state index contributed by atoms with van der Waals surface area (Å²) in [5.41, 5.74) is 7.58. The summed E-state index contributed by atoms with van der Waals surface area (Å²) < 4.78 is 11.4. The van der Waals surface area contributed by atoms with Crippen LogP contribution in [0.15, 0.2) is 18.2 Å². The van der Waals surface area contributed by atoms with Gasteiger partial charge in [0.05, 0.1) is 6.10 Å². The maximum Gasteiger partial charge on any atom is 0.119 e. The summed E-state index contributed by atoms with van der Waals surface area (Å²) >= 11 is 4.98. The lowest BCUT2D eigenvalue weighted by atomic mass is 10.1. The van der Waals surface area contributed by atoms with E-state index < -0.39 is 0 Å². The Kier molecular flexibility index (Phi) is 4.55. The van der Waals surface area contributed by atoms with E-state index in [1.807, 2.05) is 25.1 Å². The molecule has 0 aliphatic carbocycles. The van der Waals surface area contributed by atoms with Crippen LogP contribution >= 0.6 is 12.2 Å². The van der Waals surface area contributed by atoms with Crippen molar-refractivity contribution in [2.75, 3.05) is 13.2 Å².